The molecule has 0 bridgehead atoms. The topological polar surface area (TPSA) is 29.5 Å². The highest BCUT2D eigenvalue weighted by atomic mass is 16.5. The maximum Gasteiger partial charge on any atom is 0.125 e. The van der Waals surface area contributed by atoms with Gasteiger partial charge in [-0.05, 0) is 31.8 Å². The number of rotatable bonds is 5. The van der Waals surface area contributed by atoms with Gasteiger partial charge in [-0.25, -0.2) is 0 Å². The molecule has 1 N–H and O–H groups in total. The Bertz CT molecular complexity index is 479. The molecule has 0 saturated heterocycles. The Labute approximate surface area is 121 Å². The van der Waals surface area contributed by atoms with E-state index in [2.05, 4.69) is 19.1 Å². The molecule has 1 saturated carbocycles. The minimum Gasteiger partial charge on any atom is -0.490 e. The molecule has 2 nitrogen and oxygen atoms in total. The van der Waals surface area contributed by atoms with Gasteiger partial charge in [-0.15, -0.1) is 0 Å². The van der Waals surface area contributed by atoms with E-state index in [1.165, 1.54) is 19.3 Å². The van der Waals surface area contributed by atoms with Crippen molar-refractivity contribution in [3.05, 3.63) is 42.0 Å². The summed E-state index contributed by atoms with van der Waals surface area (Å²) in [4.78, 5) is 0. The Kier molecular flexibility index (Phi) is 3.84. The quantitative estimate of drug-likeness (QED) is 0.816. The lowest BCUT2D eigenvalue weighted by Crippen LogP contribution is -2.54. The lowest BCUT2D eigenvalue weighted by Gasteiger charge is -2.50. The van der Waals surface area contributed by atoms with Gasteiger partial charge in [0.2, 0.25) is 0 Å². The number of fused-ring (bicyclic) bond motifs is 1. The van der Waals surface area contributed by atoms with Crippen LogP contribution in [0.3, 0.4) is 0 Å². The minimum absolute atomic E-state index is 0.181. The van der Waals surface area contributed by atoms with E-state index < -0.39 is 5.60 Å². The highest BCUT2D eigenvalue weighted by Crippen LogP contribution is 2.49. The fourth-order valence-corrected chi connectivity index (χ4v) is 3.41. The number of ether oxygens (including phenoxy) is 1. The van der Waals surface area contributed by atoms with E-state index in [1.807, 2.05) is 24.3 Å². The van der Waals surface area contributed by atoms with Crippen molar-refractivity contribution in [2.75, 3.05) is 0 Å². The van der Waals surface area contributed by atoms with Gasteiger partial charge >= 0.3 is 0 Å². The molecule has 1 aliphatic carbocycles. The molecule has 1 fully saturated rings. The fourth-order valence-electron chi connectivity index (χ4n) is 3.41. The van der Waals surface area contributed by atoms with E-state index >= 15 is 0 Å². The van der Waals surface area contributed by atoms with E-state index in [4.69, 9.17) is 4.74 Å². The molecule has 0 unspecified atom stereocenters. The number of benzene rings is 1. The first kappa shape index (κ1) is 13.7. The second-order valence-corrected chi connectivity index (χ2v) is 6.16. The van der Waals surface area contributed by atoms with Crippen LogP contribution < -0.4 is 0 Å². The van der Waals surface area contributed by atoms with Crippen molar-refractivity contribution in [2.24, 2.45) is 5.92 Å². The van der Waals surface area contributed by atoms with Crippen LogP contribution in [-0.4, -0.2) is 16.8 Å². The summed E-state index contributed by atoms with van der Waals surface area (Å²) >= 11 is 0. The molecule has 108 valence electrons. The average molecular weight is 272 g/mol. The molecule has 20 heavy (non-hydrogen) atoms. The Hall–Kier alpha value is -1.28. The van der Waals surface area contributed by atoms with Gasteiger partial charge in [-0.3, -0.25) is 0 Å². The second kappa shape index (κ2) is 5.61. The van der Waals surface area contributed by atoms with Crippen LogP contribution in [0.2, 0.25) is 0 Å². The SMILES string of the molecule is CCCCC[C@@H]1OC(c2ccccc2)=C[C@]2(O)CC[C@H]12. The molecule has 0 radical (unpaired) electrons. The van der Waals surface area contributed by atoms with Crippen LogP contribution in [0.1, 0.15) is 51.0 Å². The number of unbranched alkanes of at least 4 members (excludes halogenated alkanes) is 2. The third-order valence-electron chi connectivity index (χ3n) is 4.76. The first-order valence-corrected chi connectivity index (χ1v) is 7.90. The Morgan fingerprint density at radius 3 is 2.70 bits per heavy atom. The van der Waals surface area contributed by atoms with E-state index in [0.717, 1.165) is 30.6 Å². The van der Waals surface area contributed by atoms with E-state index in [1.54, 1.807) is 0 Å². The molecule has 1 heterocycles. The van der Waals surface area contributed by atoms with Gasteiger partial charge in [0.15, 0.2) is 0 Å². The van der Waals surface area contributed by atoms with Crippen molar-refractivity contribution in [1.82, 2.24) is 0 Å². The van der Waals surface area contributed by atoms with E-state index in [-0.39, 0.29) is 6.10 Å². The summed E-state index contributed by atoms with van der Waals surface area (Å²) in [6.45, 7) is 2.22. The maximum atomic E-state index is 10.7. The van der Waals surface area contributed by atoms with Gasteiger partial charge in [-0.1, -0.05) is 50.1 Å². The fraction of sp³-hybridized carbons (Fsp3) is 0.556. The molecule has 3 rings (SSSR count). The molecule has 2 heteroatoms. The first-order chi connectivity index (χ1) is 9.73. The lowest BCUT2D eigenvalue weighted by atomic mass is 9.64. The predicted octanol–water partition coefficient (Wildman–Crippen LogP) is 4.15. The summed E-state index contributed by atoms with van der Waals surface area (Å²) < 4.78 is 6.22. The number of hydrogen-bond acceptors (Lipinski definition) is 2. The molecule has 3 atom stereocenters. The van der Waals surface area contributed by atoms with Crippen molar-refractivity contribution in [1.29, 1.82) is 0 Å². The van der Waals surface area contributed by atoms with Gasteiger partial charge in [0.05, 0.1) is 5.60 Å². The summed E-state index contributed by atoms with van der Waals surface area (Å²) in [5.74, 6) is 1.16. The van der Waals surface area contributed by atoms with E-state index in [9.17, 15) is 5.11 Å². The maximum absolute atomic E-state index is 10.7. The van der Waals surface area contributed by atoms with Crippen LogP contribution in [0, 0.1) is 5.92 Å². The average Bonchev–Trinajstić information content (AvgIpc) is 2.45. The van der Waals surface area contributed by atoms with Gasteiger partial charge in [-0.2, -0.15) is 0 Å². The standard InChI is InChI=1S/C18H24O2/c1-2-3-5-10-16-15-11-12-18(15,19)13-17(20-16)14-8-6-4-7-9-14/h4,6-9,13,15-16,19H,2-3,5,10-12H2,1H3/t15-,16+,18-/m1/s1. The Balaban J connectivity index is 1.78. The van der Waals surface area contributed by atoms with Crippen molar-refractivity contribution in [3.8, 4) is 0 Å². The first-order valence-electron chi connectivity index (χ1n) is 7.90. The predicted molar refractivity (Wildman–Crippen MR) is 81.1 cm³/mol. The molecule has 0 amide bonds. The lowest BCUT2D eigenvalue weighted by molar-refractivity contribution is -0.122. The van der Waals surface area contributed by atoms with Gasteiger partial charge in [0.25, 0.3) is 0 Å². The molecular formula is C18H24O2. The van der Waals surface area contributed by atoms with Crippen LogP contribution in [-0.2, 0) is 4.74 Å². The summed E-state index contributed by atoms with van der Waals surface area (Å²) in [7, 11) is 0. The molecular weight excluding hydrogens is 248 g/mol. The van der Waals surface area contributed by atoms with Crippen LogP contribution in [0.15, 0.2) is 36.4 Å². The summed E-state index contributed by atoms with van der Waals surface area (Å²) in [5.41, 5.74) is 0.451. The number of aliphatic hydroxyl groups is 1. The minimum atomic E-state index is -0.625. The Morgan fingerprint density at radius 1 is 1.25 bits per heavy atom. The zero-order chi connectivity index (χ0) is 14.0. The highest BCUT2D eigenvalue weighted by Gasteiger charge is 2.51. The molecule has 0 aromatic heterocycles. The zero-order valence-electron chi connectivity index (χ0n) is 12.2. The van der Waals surface area contributed by atoms with Crippen LogP contribution in [0.25, 0.3) is 5.76 Å². The monoisotopic (exact) mass is 272 g/mol. The second-order valence-electron chi connectivity index (χ2n) is 6.16. The normalized spacial score (nSPS) is 31.8. The Morgan fingerprint density at radius 2 is 2.05 bits per heavy atom. The molecule has 2 aliphatic rings. The van der Waals surface area contributed by atoms with Gasteiger partial charge in [0.1, 0.15) is 11.9 Å². The van der Waals surface area contributed by atoms with Crippen molar-refractivity contribution < 1.29 is 9.84 Å². The van der Waals surface area contributed by atoms with Crippen molar-refractivity contribution >= 4 is 5.76 Å². The summed E-state index contributed by atoms with van der Waals surface area (Å²) in [6, 6.07) is 10.1. The number of hydrogen-bond donors (Lipinski definition) is 1. The van der Waals surface area contributed by atoms with E-state index in [0.29, 0.717) is 5.92 Å². The zero-order valence-corrected chi connectivity index (χ0v) is 12.2. The highest BCUT2D eigenvalue weighted by molar-refractivity contribution is 5.62. The molecule has 1 aliphatic heterocycles. The third-order valence-corrected chi connectivity index (χ3v) is 4.76. The smallest absolute Gasteiger partial charge is 0.125 e. The largest absolute Gasteiger partial charge is 0.490 e. The molecule has 1 aromatic rings. The summed E-state index contributed by atoms with van der Waals surface area (Å²) in [6.07, 6.45) is 8.82. The van der Waals surface area contributed by atoms with Crippen molar-refractivity contribution in [2.45, 2.75) is 57.2 Å². The molecule has 1 aromatic carbocycles. The van der Waals surface area contributed by atoms with Crippen LogP contribution in [0.4, 0.5) is 0 Å². The van der Waals surface area contributed by atoms with Crippen LogP contribution in [0.5, 0.6) is 0 Å². The summed E-state index contributed by atoms with van der Waals surface area (Å²) in [5, 5.41) is 10.7. The van der Waals surface area contributed by atoms with Gasteiger partial charge in [0, 0.05) is 11.5 Å². The van der Waals surface area contributed by atoms with Gasteiger partial charge < -0.3 is 9.84 Å². The third kappa shape index (κ3) is 2.49. The molecule has 0 spiro atoms. The van der Waals surface area contributed by atoms with Crippen molar-refractivity contribution in [3.63, 3.8) is 0 Å². The van der Waals surface area contributed by atoms with Crippen LogP contribution >= 0.6 is 0 Å².